The Hall–Kier alpha value is -1.22. The summed E-state index contributed by atoms with van der Waals surface area (Å²) < 4.78 is 11.2. The summed E-state index contributed by atoms with van der Waals surface area (Å²) in [5.41, 5.74) is 0. The summed E-state index contributed by atoms with van der Waals surface area (Å²) in [6.07, 6.45) is 5.07. The lowest BCUT2D eigenvalue weighted by Crippen LogP contribution is -2.53. The lowest BCUT2D eigenvalue weighted by molar-refractivity contribution is -0.138. The second-order valence-corrected chi connectivity index (χ2v) is 8.16. The summed E-state index contributed by atoms with van der Waals surface area (Å²) in [5, 5.41) is 15.6. The van der Waals surface area contributed by atoms with Crippen LogP contribution in [-0.2, 0) is 19.1 Å². The maximum absolute atomic E-state index is 12.2. The van der Waals surface area contributed by atoms with Gasteiger partial charge < -0.3 is 25.2 Å². The monoisotopic (exact) mass is 397 g/mol. The van der Waals surface area contributed by atoms with Crippen molar-refractivity contribution in [1.29, 1.82) is 0 Å². The van der Waals surface area contributed by atoms with E-state index in [9.17, 15) is 14.7 Å². The summed E-state index contributed by atoms with van der Waals surface area (Å²) >= 11 is 0. The van der Waals surface area contributed by atoms with Crippen molar-refractivity contribution < 1.29 is 24.2 Å². The van der Waals surface area contributed by atoms with Crippen molar-refractivity contribution >= 4 is 11.8 Å². The first-order valence-corrected chi connectivity index (χ1v) is 10.8. The molecule has 0 aromatic rings. The molecule has 0 aromatic heterocycles. The van der Waals surface area contributed by atoms with E-state index in [2.05, 4.69) is 15.5 Å². The van der Waals surface area contributed by atoms with Crippen LogP contribution in [0.4, 0.5) is 0 Å². The standard InChI is InChI=1S/C20H35N3O5/c24-14-18-17(22-20(26)15-3-1-4-15)6-5-16(28-18)13-19(25)21-7-2-8-23-9-11-27-12-10-23/h15-18,24H,1-14H2,(H,21,25)(H,22,26)/t16-,17-,18+/m1/s1. The number of amides is 2. The molecule has 160 valence electrons. The number of hydrogen-bond acceptors (Lipinski definition) is 6. The largest absolute Gasteiger partial charge is 0.394 e. The zero-order valence-corrected chi connectivity index (χ0v) is 16.7. The predicted octanol–water partition coefficient (Wildman–Crippen LogP) is 0.0398. The van der Waals surface area contributed by atoms with E-state index in [0.29, 0.717) is 19.4 Å². The number of ether oxygens (including phenoxy) is 2. The Labute approximate surface area is 167 Å². The molecule has 8 nitrogen and oxygen atoms in total. The number of nitrogens with one attached hydrogen (secondary N) is 2. The Kier molecular flexibility index (Phi) is 8.51. The van der Waals surface area contributed by atoms with E-state index < -0.39 is 6.10 Å². The number of morpholine rings is 1. The molecule has 0 aromatic carbocycles. The van der Waals surface area contributed by atoms with Crippen molar-refractivity contribution in [3.8, 4) is 0 Å². The molecule has 3 aliphatic rings. The van der Waals surface area contributed by atoms with Crippen LogP contribution in [0.15, 0.2) is 0 Å². The molecule has 0 spiro atoms. The Bertz CT molecular complexity index is 508. The van der Waals surface area contributed by atoms with E-state index in [0.717, 1.165) is 65.0 Å². The zero-order valence-electron chi connectivity index (χ0n) is 16.7. The highest BCUT2D eigenvalue weighted by atomic mass is 16.5. The van der Waals surface area contributed by atoms with Gasteiger partial charge in [-0.2, -0.15) is 0 Å². The number of aliphatic hydroxyl groups is 1. The van der Waals surface area contributed by atoms with E-state index in [-0.39, 0.29) is 36.5 Å². The van der Waals surface area contributed by atoms with Gasteiger partial charge in [0.05, 0.1) is 38.4 Å². The molecule has 2 saturated heterocycles. The van der Waals surface area contributed by atoms with Crippen molar-refractivity contribution in [2.45, 2.75) is 63.2 Å². The highest BCUT2D eigenvalue weighted by molar-refractivity contribution is 5.79. The summed E-state index contributed by atoms with van der Waals surface area (Å²) in [4.78, 5) is 26.7. The van der Waals surface area contributed by atoms with E-state index in [1.165, 1.54) is 0 Å². The molecule has 3 N–H and O–H groups in total. The van der Waals surface area contributed by atoms with Gasteiger partial charge in [-0.25, -0.2) is 0 Å². The van der Waals surface area contributed by atoms with E-state index in [1.807, 2.05) is 0 Å². The van der Waals surface area contributed by atoms with Crippen molar-refractivity contribution in [3.63, 3.8) is 0 Å². The van der Waals surface area contributed by atoms with Crippen LogP contribution in [-0.4, -0.2) is 86.1 Å². The van der Waals surface area contributed by atoms with Crippen LogP contribution in [0.3, 0.4) is 0 Å². The lowest BCUT2D eigenvalue weighted by Gasteiger charge is -2.37. The molecule has 2 heterocycles. The highest BCUT2D eigenvalue weighted by Gasteiger charge is 2.35. The Morgan fingerprint density at radius 2 is 1.89 bits per heavy atom. The Morgan fingerprint density at radius 1 is 1.11 bits per heavy atom. The Morgan fingerprint density at radius 3 is 2.57 bits per heavy atom. The number of nitrogens with zero attached hydrogens (tertiary/aromatic N) is 1. The van der Waals surface area contributed by atoms with E-state index >= 15 is 0 Å². The minimum atomic E-state index is -0.433. The van der Waals surface area contributed by atoms with Gasteiger partial charge in [0.2, 0.25) is 11.8 Å². The summed E-state index contributed by atoms with van der Waals surface area (Å²) in [6, 6.07) is -0.161. The molecule has 0 unspecified atom stereocenters. The molecule has 2 aliphatic heterocycles. The van der Waals surface area contributed by atoms with Crippen LogP contribution < -0.4 is 10.6 Å². The molecule has 3 fully saturated rings. The quantitative estimate of drug-likeness (QED) is 0.475. The van der Waals surface area contributed by atoms with Crippen molar-refractivity contribution in [2.24, 2.45) is 5.92 Å². The molecule has 0 radical (unpaired) electrons. The van der Waals surface area contributed by atoms with Crippen LogP contribution >= 0.6 is 0 Å². The number of carbonyl (C=O) groups is 2. The van der Waals surface area contributed by atoms with Gasteiger partial charge in [-0.15, -0.1) is 0 Å². The number of hydrogen-bond donors (Lipinski definition) is 3. The molecule has 1 saturated carbocycles. The molecule has 8 heteroatoms. The first-order valence-electron chi connectivity index (χ1n) is 10.8. The maximum Gasteiger partial charge on any atom is 0.223 e. The smallest absolute Gasteiger partial charge is 0.223 e. The minimum absolute atomic E-state index is 0.0133. The summed E-state index contributed by atoms with van der Waals surface area (Å²) in [7, 11) is 0. The first-order chi connectivity index (χ1) is 13.7. The van der Waals surface area contributed by atoms with Gasteiger partial charge in [-0.3, -0.25) is 14.5 Å². The van der Waals surface area contributed by atoms with Gasteiger partial charge in [0.1, 0.15) is 6.10 Å². The second-order valence-electron chi connectivity index (χ2n) is 8.16. The van der Waals surface area contributed by atoms with Crippen LogP contribution in [0, 0.1) is 5.92 Å². The van der Waals surface area contributed by atoms with Crippen LogP contribution in [0.5, 0.6) is 0 Å². The third-order valence-electron chi connectivity index (χ3n) is 6.09. The van der Waals surface area contributed by atoms with E-state index in [1.54, 1.807) is 0 Å². The van der Waals surface area contributed by atoms with Gasteiger partial charge >= 0.3 is 0 Å². The van der Waals surface area contributed by atoms with Gasteiger partial charge in [-0.1, -0.05) is 6.42 Å². The average Bonchev–Trinajstić information content (AvgIpc) is 2.66. The Balaban J connectivity index is 1.31. The third-order valence-corrected chi connectivity index (χ3v) is 6.09. The fourth-order valence-corrected chi connectivity index (χ4v) is 4.05. The topological polar surface area (TPSA) is 100 Å². The minimum Gasteiger partial charge on any atom is -0.394 e. The van der Waals surface area contributed by atoms with Gasteiger partial charge in [0.15, 0.2) is 0 Å². The van der Waals surface area contributed by atoms with Crippen molar-refractivity contribution in [2.75, 3.05) is 46.0 Å². The predicted molar refractivity (Wildman–Crippen MR) is 104 cm³/mol. The number of rotatable bonds is 9. The molecule has 3 atom stereocenters. The fourth-order valence-electron chi connectivity index (χ4n) is 4.05. The zero-order chi connectivity index (χ0) is 19.8. The lowest BCUT2D eigenvalue weighted by atomic mass is 9.84. The van der Waals surface area contributed by atoms with Crippen LogP contribution in [0.2, 0.25) is 0 Å². The summed E-state index contributed by atoms with van der Waals surface area (Å²) in [5.74, 6) is 0.190. The molecule has 2 amide bonds. The van der Waals surface area contributed by atoms with Crippen molar-refractivity contribution in [1.82, 2.24) is 15.5 Å². The summed E-state index contributed by atoms with van der Waals surface area (Å²) in [6.45, 7) is 4.99. The molecular weight excluding hydrogens is 362 g/mol. The van der Waals surface area contributed by atoms with Gasteiger partial charge in [-0.05, 0) is 38.6 Å². The third kappa shape index (κ3) is 6.40. The molecule has 3 rings (SSSR count). The highest BCUT2D eigenvalue weighted by Crippen LogP contribution is 2.28. The van der Waals surface area contributed by atoms with Gasteiger partial charge in [0, 0.05) is 25.6 Å². The van der Waals surface area contributed by atoms with Gasteiger partial charge in [0.25, 0.3) is 0 Å². The molecule has 0 bridgehead atoms. The fraction of sp³-hybridized carbons (Fsp3) is 0.900. The maximum atomic E-state index is 12.2. The molecule has 1 aliphatic carbocycles. The number of aliphatic hydroxyl groups excluding tert-OH is 1. The average molecular weight is 398 g/mol. The first kappa shape index (κ1) is 21.5. The normalized spacial score (nSPS) is 29.1. The second kappa shape index (κ2) is 11.1. The SMILES string of the molecule is O=C(C[C@H]1CC[C@@H](NC(=O)C2CCC2)[C@H](CO)O1)NCCCN1CCOCC1. The number of carbonyl (C=O) groups excluding carboxylic acids is 2. The van der Waals surface area contributed by atoms with Crippen LogP contribution in [0.1, 0.15) is 44.9 Å². The molecule has 28 heavy (non-hydrogen) atoms. The van der Waals surface area contributed by atoms with E-state index in [4.69, 9.17) is 9.47 Å². The van der Waals surface area contributed by atoms with Crippen LogP contribution in [0.25, 0.3) is 0 Å². The molecular formula is C20H35N3O5. The van der Waals surface area contributed by atoms with Crippen molar-refractivity contribution in [3.05, 3.63) is 0 Å².